The molecule has 0 aliphatic carbocycles. The molecule has 0 saturated carbocycles. The van der Waals surface area contributed by atoms with Crippen LogP contribution in [-0.4, -0.2) is 48.6 Å². The second kappa shape index (κ2) is 5.97. The van der Waals surface area contributed by atoms with E-state index in [9.17, 15) is 4.39 Å². The molecule has 0 aromatic carbocycles. The fourth-order valence-corrected chi connectivity index (χ4v) is 2.04. The molecule has 0 bridgehead atoms. The zero-order valence-corrected chi connectivity index (χ0v) is 14.1. The molecule has 5 nitrogen and oxygen atoms in total. The normalized spacial score (nSPS) is 19.9. The van der Waals surface area contributed by atoms with E-state index in [0.29, 0.717) is 16.8 Å². The van der Waals surface area contributed by atoms with Crippen molar-refractivity contribution in [2.24, 2.45) is 4.99 Å². The molecule has 120 valence electrons. The number of hydrogen-bond acceptors (Lipinski definition) is 4. The fraction of sp³-hybridized carbons (Fsp3) is 0.600. The zero-order chi connectivity index (χ0) is 16.5. The highest BCUT2D eigenvalue weighted by Crippen LogP contribution is 2.36. The summed E-state index contributed by atoms with van der Waals surface area (Å²) in [5, 5.41) is 0. The lowest BCUT2D eigenvalue weighted by atomic mass is 9.77. The largest absolute Gasteiger partial charge is 0.496 e. The molecule has 1 aromatic rings. The van der Waals surface area contributed by atoms with Gasteiger partial charge in [0.1, 0.15) is 6.67 Å². The average molecular weight is 307 g/mol. The highest BCUT2D eigenvalue weighted by Gasteiger charge is 2.52. The van der Waals surface area contributed by atoms with E-state index in [2.05, 4.69) is 9.98 Å². The summed E-state index contributed by atoms with van der Waals surface area (Å²) in [6.45, 7) is 7.24. The molecule has 2 heterocycles. The Labute approximate surface area is 131 Å². The van der Waals surface area contributed by atoms with Gasteiger partial charge in [0.15, 0.2) is 5.82 Å². The van der Waals surface area contributed by atoms with Crippen LogP contribution in [0.5, 0.6) is 0 Å². The van der Waals surface area contributed by atoms with Crippen LogP contribution in [0, 0.1) is 0 Å². The Balaban J connectivity index is 2.29. The first-order valence-corrected chi connectivity index (χ1v) is 7.27. The summed E-state index contributed by atoms with van der Waals surface area (Å²) in [6.07, 6.45) is 3.21. The van der Waals surface area contributed by atoms with Crippen LogP contribution >= 0.6 is 0 Å². The minimum absolute atomic E-state index is 0.460. The molecule has 0 amide bonds. The van der Waals surface area contributed by atoms with Gasteiger partial charge in [-0.3, -0.25) is 0 Å². The lowest BCUT2D eigenvalue weighted by Gasteiger charge is -2.32. The first-order valence-electron chi connectivity index (χ1n) is 7.27. The molecule has 2 rings (SSSR count). The molecule has 22 heavy (non-hydrogen) atoms. The topological polar surface area (TPSA) is 47.0 Å². The van der Waals surface area contributed by atoms with E-state index in [1.54, 1.807) is 23.5 Å². The SMILES string of the molecule is CN(C)/C=N/c1cc(CF)c(B2OC(C)(C)C(C)(C)O2)cn1. The van der Waals surface area contributed by atoms with E-state index in [4.69, 9.17) is 9.31 Å². The summed E-state index contributed by atoms with van der Waals surface area (Å²) in [4.78, 5) is 10.2. The van der Waals surface area contributed by atoms with Crippen molar-refractivity contribution < 1.29 is 13.7 Å². The number of aliphatic imine (C=N–C) groups is 1. The van der Waals surface area contributed by atoms with Crippen LogP contribution in [0.15, 0.2) is 17.3 Å². The van der Waals surface area contributed by atoms with Crippen LogP contribution in [0.25, 0.3) is 0 Å². The van der Waals surface area contributed by atoms with Crippen molar-refractivity contribution in [2.75, 3.05) is 14.1 Å². The molecule has 0 N–H and O–H groups in total. The molecule has 1 fully saturated rings. The molecular formula is C15H23BFN3O2. The maximum Gasteiger partial charge on any atom is 0.496 e. The fourth-order valence-electron chi connectivity index (χ4n) is 2.04. The van der Waals surface area contributed by atoms with Crippen LogP contribution in [0.4, 0.5) is 10.2 Å². The van der Waals surface area contributed by atoms with Crippen molar-refractivity contribution in [2.45, 2.75) is 45.6 Å². The summed E-state index contributed by atoms with van der Waals surface area (Å²) in [5.41, 5.74) is 0.171. The van der Waals surface area contributed by atoms with Gasteiger partial charge >= 0.3 is 7.12 Å². The second-order valence-electron chi connectivity index (χ2n) is 6.67. The van der Waals surface area contributed by atoms with Gasteiger partial charge in [0.25, 0.3) is 0 Å². The summed E-state index contributed by atoms with van der Waals surface area (Å²) in [5.74, 6) is 0.460. The molecule has 1 aliphatic rings. The molecule has 7 heteroatoms. The first-order chi connectivity index (χ1) is 10.2. The summed E-state index contributed by atoms with van der Waals surface area (Å²) in [6, 6.07) is 1.63. The van der Waals surface area contributed by atoms with E-state index in [-0.39, 0.29) is 0 Å². The number of rotatable bonds is 4. The van der Waals surface area contributed by atoms with Crippen molar-refractivity contribution in [3.63, 3.8) is 0 Å². The molecule has 0 atom stereocenters. The van der Waals surface area contributed by atoms with Crippen molar-refractivity contribution in [1.29, 1.82) is 0 Å². The van der Waals surface area contributed by atoms with Crippen LogP contribution in [0.1, 0.15) is 33.3 Å². The summed E-state index contributed by atoms with van der Waals surface area (Å²) >= 11 is 0. The predicted molar refractivity (Wildman–Crippen MR) is 86.6 cm³/mol. The van der Waals surface area contributed by atoms with Crippen molar-refractivity contribution in [3.05, 3.63) is 17.8 Å². The molecule has 1 saturated heterocycles. The maximum absolute atomic E-state index is 13.4. The third kappa shape index (κ3) is 3.30. The molecule has 0 spiro atoms. The molecular weight excluding hydrogens is 284 g/mol. The average Bonchev–Trinajstić information content (AvgIpc) is 2.64. The highest BCUT2D eigenvalue weighted by molar-refractivity contribution is 6.62. The van der Waals surface area contributed by atoms with Crippen molar-refractivity contribution >= 4 is 24.7 Å². The van der Waals surface area contributed by atoms with Crippen LogP contribution in [-0.2, 0) is 16.0 Å². The molecule has 1 aromatic heterocycles. The third-order valence-corrected chi connectivity index (χ3v) is 4.08. The van der Waals surface area contributed by atoms with Gasteiger partial charge in [0, 0.05) is 25.8 Å². The summed E-state index contributed by atoms with van der Waals surface area (Å²) in [7, 11) is 3.10. The van der Waals surface area contributed by atoms with Gasteiger partial charge < -0.3 is 14.2 Å². The Bertz CT molecular complexity index is 560. The Morgan fingerprint density at radius 1 is 1.27 bits per heavy atom. The van der Waals surface area contributed by atoms with Crippen LogP contribution in [0.2, 0.25) is 0 Å². The van der Waals surface area contributed by atoms with E-state index >= 15 is 0 Å². The van der Waals surface area contributed by atoms with E-state index in [1.807, 2.05) is 41.8 Å². The van der Waals surface area contributed by atoms with E-state index in [0.717, 1.165) is 0 Å². The van der Waals surface area contributed by atoms with E-state index < -0.39 is 25.0 Å². The third-order valence-electron chi connectivity index (χ3n) is 4.08. The quantitative estimate of drug-likeness (QED) is 0.485. The Morgan fingerprint density at radius 3 is 2.36 bits per heavy atom. The first kappa shape index (κ1) is 16.9. The van der Waals surface area contributed by atoms with Crippen molar-refractivity contribution in [1.82, 2.24) is 9.88 Å². The molecule has 0 unspecified atom stereocenters. The molecule has 1 aliphatic heterocycles. The highest BCUT2D eigenvalue weighted by atomic mass is 19.1. The van der Waals surface area contributed by atoms with Crippen LogP contribution < -0.4 is 5.46 Å². The second-order valence-corrected chi connectivity index (χ2v) is 6.67. The van der Waals surface area contributed by atoms with Gasteiger partial charge in [-0.2, -0.15) is 0 Å². The van der Waals surface area contributed by atoms with Gasteiger partial charge in [-0.15, -0.1) is 0 Å². The lowest BCUT2D eigenvalue weighted by Crippen LogP contribution is -2.41. The zero-order valence-electron chi connectivity index (χ0n) is 14.1. The minimum Gasteiger partial charge on any atom is -0.399 e. The number of hydrogen-bond donors (Lipinski definition) is 0. The Morgan fingerprint density at radius 2 is 1.86 bits per heavy atom. The van der Waals surface area contributed by atoms with Gasteiger partial charge in [0.05, 0.1) is 17.5 Å². The van der Waals surface area contributed by atoms with Crippen molar-refractivity contribution in [3.8, 4) is 0 Å². The number of nitrogens with zero attached hydrogens (tertiary/aromatic N) is 3. The van der Waals surface area contributed by atoms with Crippen LogP contribution in [0.3, 0.4) is 0 Å². The van der Waals surface area contributed by atoms with Gasteiger partial charge in [-0.05, 0) is 39.3 Å². The monoisotopic (exact) mass is 307 g/mol. The van der Waals surface area contributed by atoms with E-state index in [1.165, 1.54) is 0 Å². The summed E-state index contributed by atoms with van der Waals surface area (Å²) < 4.78 is 25.3. The predicted octanol–water partition coefficient (Wildman–Crippen LogP) is 2.07. The van der Waals surface area contributed by atoms with Gasteiger partial charge in [-0.25, -0.2) is 14.4 Å². The number of aromatic nitrogens is 1. The maximum atomic E-state index is 13.4. The number of alkyl halides is 1. The minimum atomic E-state index is -0.619. The molecule has 0 radical (unpaired) electrons. The Kier molecular flexibility index (Phi) is 4.58. The van der Waals surface area contributed by atoms with Gasteiger partial charge in [-0.1, -0.05) is 0 Å². The standard InChI is InChI=1S/C15H23BFN3O2/c1-14(2)15(3,4)22-16(21-14)12-9-18-13(7-11(12)8-17)19-10-20(5)6/h7,9-10H,8H2,1-6H3/b19-10+. The smallest absolute Gasteiger partial charge is 0.399 e. The number of halogens is 1. The lowest BCUT2D eigenvalue weighted by molar-refractivity contribution is 0.00578. The number of pyridine rings is 1. The van der Waals surface area contributed by atoms with Gasteiger partial charge in [0.2, 0.25) is 0 Å². The Hall–Kier alpha value is -1.47.